The van der Waals surface area contributed by atoms with Gasteiger partial charge in [-0.15, -0.1) is 5.10 Å². The molecule has 0 bridgehead atoms. The number of hydrogen-bond acceptors (Lipinski definition) is 6. The van der Waals surface area contributed by atoms with E-state index in [0.717, 1.165) is 5.70 Å². The number of allylic oxidation sites excluding steroid dienone is 2. The fourth-order valence-corrected chi connectivity index (χ4v) is 5.75. The van der Waals surface area contributed by atoms with Crippen LogP contribution in [0.25, 0.3) is 0 Å². The molecule has 2 aromatic carbocycles. The van der Waals surface area contributed by atoms with Crippen molar-refractivity contribution >= 4 is 52.5 Å². The smallest absolute Gasteiger partial charge is 0.227 e. The fourth-order valence-electron chi connectivity index (χ4n) is 4.51. The predicted molar refractivity (Wildman–Crippen MR) is 135 cm³/mol. The first-order valence-electron chi connectivity index (χ1n) is 11.0. The molecule has 1 aromatic heterocycles. The summed E-state index contributed by atoms with van der Waals surface area (Å²) in [6.45, 7) is 4.12. The summed E-state index contributed by atoms with van der Waals surface area (Å²) in [5, 5.41) is 9.23. The molecule has 0 spiro atoms. The van der Waals surface area contributed by atoms with Crippen LogP contribution >= 0.6 is 35.0 Å². The minimum Gasteiger partial charge on any atom is -0.328 e. The summed E-state index contributed by atoms with van der Waals surface area (Å²) in [7, 11) is 0. The third-order valence-electron chi connectivity index (χ3n) is 6.07. The van der Waals surface area contributed by atoms with Crippen LogP contribution < -0.4 is 5.32 Å². The lowest BCUT2D eigenvalue weighted by Crippen LogP contribution is -2.36. The highest BCUT2D eigenvalue weighted by atomic mass is 35.5. The largest absolute Gasteiger partial charge is 0.328 e. The Hall–Kier alpha value is -2.68. The van der Waals surface area contributed by atoms with Crippen molar-refractivity contribution in [1.29, 1.82) is 0 Å². The number of hydrogen-bond donors (Lipinski definition) is 1. The number of aromatic nitrogens is 3. The highest BCUT2D eigenvalue weighted by molar-refractivity contribution is 7.99. The Bertz CT molecular complexity index is 1380. The highest BCUT2D eigenvalue weighted by Gasteiger charge is 2.42. The van der Waals surface area contributed by atoms with Crippen molar-refractivity contribution < 1.29 is 14.0 Å². The van der Waals surface area contributed by atoms with Crippen LogP contribution in [0.15, 0.2) is 58.9 Å². The molecule has 0 radical (unpaired) electrons. The number of anilines is 1. The standard InChI is InChI=1S/C25H21Cl2FN4O2S/c1-25(2)10-18-21(19(33)11-25)22(16-8-5-14(26)9-17(16)27)32-23(29-18)30-24(31-32)35-12-20(34)13-3-6-15(28)7-4-13/h3-9,22H,10-12H2,1-2H3,(H,29,30,31). The Labute approximate surface area is 215 Å². The summed E-state index contributed by atoms with van der Waals surface area (Å²) in [5.41, 5.74) is 2.34. The van der Waals surface area contributed by atoms with Crippen LogP contribution in [0.3, 0.4) is 0 Å². The number of Topliss-reactive ketones (excluding diaryl/α,β-unsaturated/α-hetero) is 2. The molecule has 2 heterocycles. The molecule has 35 heavy (non-hydrogen) atoms. The quantitative estimate of drug-likeness (QED) is 0.305. The van der Waals surface area contributed by atoms with E-state index in [0.29, 0.717) is 50.7 Å². The van der Waals surface area contributed by atoms with Crippen LogP contribution in [-0.2, 0) is 4.79 Å². The normalized spacial score (nSPS) is 18.7. The van der Waals surface area contributed by atoms with Crippen LogP contribution in [0.2, 0.25) is 10.0 Å². The molecule has 5 rings (SSSR count). The zero-order valence-electron chi connectivity index (χ0n) is 18.9. The molecular formula is C25H21Cl2FN4O2S. The number of ketones is 2. The SMILES string of the molecule is CC1(C)CC(=O)C2=C(C1)Nc1nc(SCC(=O)c3ccc(F)cc3)nn1C2c1ccc(Cl)cc1Cl. The summed E-state index contributed by atoms with van der Waals surface area (Å²) >= 11 is 13.9. The van der Waals surface area contributed by atoms with Gasteiger partial charge in [-0.3, -0.25) is 9.59 Å². The second kappa shape index (κ2) is 9.08. The Morgan fingerprint density at radius 3 is 2.66 bits per heavy atom. The summed E-state index contributed by atoms with van der Waals surface area (Å²) in [6, 6.07) is 10.0. The van der Waals surface area contributed by atoms with Gasteiger partial charge >= 0.3 is 0 Å². The van der Waals surface area contributed by atoms with E-state index in [2.05, 4.69) is 29.2 Å². The van der Waals surface area contributed by atoms with E-state index in [1.54, 1.807) is 22.9 Å². The Balaban J connectivity index is 1.50. The van der Waals surface area contributed by atoms with Crippen molar-refractivity contribution in [2.45, 2.75) is 37.9 Å². The Morgan fingerprint density at radius 1 is 1.20 bits per heavy atom. The summed E-state index contributed by atoms with van der Waals surface area (Å²) < 4.78 is 14.8. The van der Waals surface area contributed by atoms with Gasteiger partial charge in [-0.2, -0.15) is 4.98 Å². The molecule has 180 valence electrons. The first-order valence-corrected chi connectivity index (χ1v) is 12.7. The lowest BCUT2D eigenvalue weighted by Gasteiger charge is -2.38. The van der Waals surface area contributed by atoms with Gasteiger partial charge in [-0.1, -0.05) is 54.9 Å². The maximum Gasteiger partial charge on any atom is 0.227 e. The average Bonchev–Trinajstić information content (AvgIpc) is 3.18. The molecule has 3 aromatic rings. The number of rotatable bonds is 5. The number of nitrogens with zero attached hydrogens (tertiary/aromatic N) is 3. The number of thioether (sulfide) groups is 1. The van der Waals surface area contributed by atoms with Crippen molar-refractivity contribution in [3.05, 3.63) is 80.7 Å². The number of nitrogens with one attached hydrogen (secondary N) is 1. The maximum atomic E-state index is 13.3. The molecule has 1 N–H and O–H groups in total. The van der Waals surface area contributed by atoms with Gasteiger partial charge in [0.15, 0.2) is 11.6 Å². The van der Waals surface area contributed by atoms with Crippen LogP contribution in [0.4, 0.5) is 10.3 Å². The van der Waals surface area contributed by atoms with Crippen LogP contribution in [-0.4, -0.2) is 32.1 Å². The average molecular weight is 531 g/mol. The molecule has 0 saturated heterocycles. The van der Waals surface area contributed by atoms with E-state index in [9.17, 15) is 14.0 Å². The summed E-state index contributed by atoms with van der Waals surface area (Å²) in [4.78, 5) is 30.5. The number of carbonyl (C=O) groups is 2. The highest BCUT2D eigenvalue weighted by Crippen LogP contribution is 2.47. The van der Waals surface area contributed by atoms with Gasteiger partial charge < -0.3 is 5.32 Å². The topological polar surface area (TPSA) is 76.9 Å². The molecular weight excluding hydrogens is 510 g/mol. The van der Waals surface area contributed by atoms with Crippen molar-refractivity contribution in [1.82, 2.24) is 14.8 Å². The van der Waals surface area contributed by atoms with Gasteiger partial charge in [0.2, 0.25) is 11.1 Å². The van der Waals surface area contributed by atoms with Gasteiger partial charge in [0, 0.05) is 38.9 Å². The number of fused-ring (bicyclic) bond motifs is 1. The molecule has 0 saturated carbocycles. The second-order valence-electron chi connectivity index (χ2n) is 9.41. The molecule has 1 aliphatic heterocycles. The van der Waals surface area contributed by atoms with Crippen molar-refractivity contribution in [2.24, 2.45) is 5.41 Å². The van der Waals surface area contributed by atoms with Crippen LogP contribution in [0, 0.1) is 11.2 Å². The predicted octanol–water partition coefficient (Wildman–Crippen LogP) is 6.36. The number of carbonyl (C=O) groups excluding carboxylic acids is 2. The van der Waals surface area contributed by atoms with E-state index in [4.69, 9.17) is 23.2 Å². The van der Waals surface area contributed by atoms with Crippen molar-refractivity contribution in [3.63, 3.8) is 0 Å². The van der Waals surface area contributed by atoms with Gasteiger partial charge in [0.1, 0.15) is 11.9 Å². The molecule has 2 aliphatic rings. The number of halogens is 3. The van der Waals surface area contributed by atoms with E-state index in [1.807, 2.05) is 0 Å². The van der Waals surface area contributed by atoms with Crippen LogP contribution in [0.1, 0.15) is 48.7 Å². The molecule has 0 amide bonds. The van der Waals surface area contributed by atoms with E-state index < -0.39 is 11.9 Å². The summed E-state index contributed by atoms with van der Waals surface area (Å²) in [6.07, 6.45) is 1.08. The zero-order valence-corrected chi connectivity index (χ0v) is 21.3. The second-order valence-corrected chi connectivity index (χ2v) is 11.2. The van der Waals surface area contributed by atoms with E-state index in [-0.39, 0.29) is 22.7 Å². The zero-order chi connectivity index (χ0) is 24.9. The minimum absolute atomic E-state index is 0.0293. The third-order valence-corrected chi connectivity index (χ3v) is 7.47. The Morgan fingerprint density at radius 2 is 1.94 bits per heavy atom. The lowest BCUT2D eigenvalue weighted by atomic mass is 9.73. The fraction of sp³-hybridized carbons (Fsp3) is 0.280. The van der Waals surface area contributed by atoms with Crippen molar-refractivity contribution in [3.8, 4) is 0 Å². The van der Waals surface area contributed by atoms with Gasteiger partial charge in [0.05, 0.1) is 5.75 Å². The molecule has 0 fully saturated rings. The molecule has 1 atom stereocenters. The lowest BCUT2D eigenvalue weighted by molar-refractivity contribution is -0.118. The first kappa shape index (κ1) is 24.0. The minimum atomic E-state index is -0.565. The van der Waals surface area contributed by atoms with E-state index >= 15 is 0 Å². The van der Waals surface area contributed by atoms with E-state index in [1.165, 1.54) is 36.0 Å². The molecule has 6 nitrogen and oxygen atoms in total. The monoisotopic (exact) mass is 530 g/mol. The van der Waals surface area contributed by atoms with Crippen LogP contribution in [0.5, 0.6) is 0 Å². The Kier molecular flexibility index (Phi) is 6.23. The molecule has 10 heteroatoms. The van der Waals surface area contributed by atoms with Gasteiger partial charge in [-0.25, -0.2) is 9.07 Å². The first-order chi connectivity index (χ1) is 16.6. The van der Waals surface area contributed by atoms with Gasteiger partial charge in [0.25, 0.3) is 0 Å². The van der Waals surface area contributed by atoms with Crippen molar-refractivity contribution in [2.75, 3.05) is 11.1 Å². The summed E-state index contributed by atoms with van der Waals surface area (Å²) in [5.74, 6) is 0.0244. The van der Waals surface area contributed by atoms with Gasteiger partial charge in [-0.05, 0) is 48.2 Å². The molecule has 1 aliphatic carbocycles. The third kappa shape index (κ3) is 4.75. The molecule has 1 unspecified atom stereocenters. The number of benzene rings is 2. The maximum absolute atomic E-state index is 13.3.